The SMILES string of the molecule is C=Cn1c(C(O)P(=[Se])(CCc2ccccn2)CCc2ccccn2)nc2ccccc21. The fourth-order valence-corrected chi connectivity index (χ4v) is 7.98. The molecule has 4 rings (SSSR count). The van der Waals surface area contributed by atoms with Crippen molar-refractivity contribution in [1.29, 1.82) is 0 Å². The number of hydrogen-bond donors (Lipinski definition) is 1. The zero-order chi connectivity index (χ0) is 21.7. The van der Waals surface area contributed by atoms with Crippen molar-refractivity contribution in [2.75, 3.05) is 12.3 Å². The second-order valence-electron chi connectivity index (χ2n) is 7.43. The minimum absolute atomic E-state index is 0.644. The Balaban J connectivity index is 1.67. The standard InChI is InChI=1S/C24H25N4OPSe/c1-2-28-22-12-4-3-11-21(22)27-23(28)24(29)30(31,17-13-19-9-5-7-15-25-19)18-14-20-10-6-8-16-26-20/h2-12,15-16,24,29H,1,13-14,17-18H2. The van der Waals surface area contributed by atoms with Gasteiger partial charge in [-0.3, -0.25) is 0 Å². The molecule has 0 saturated heterocycles. The average Bonchev–Trinajstić information content (AvgIpc) is 3.21. The Morgan fingerprint density at radius 3 is 2.06 bits per heavy atom. The summed E-state index contributed by atoms with van der Waals surface area (Å²) in [4.78, 5) is 13.7. The summed E-state index contributed by atoms with van der Waals surface area (Å²) < 4.78 is 1.91. The monoisotopic (exact) mass is 496 g/mol. The van der Waals surface area contributed by atoms with Crippen LogP contribution in [0.1, 0.15) is 23.1 Å². The van der Waals surface area contributed by atoms with E-state index in [1.807, 2.05) is 77.6 Å². The van der Waals surface area contributed by atoms with Crippen LogP contribution < -0.4 is 0 Å². The van der Waals surface area contributed by atoms with Gasteiger partial charge in [-0.05, 0) is 0 Å². The first-order valence-electron chi connectivity index (χ1n) is 10.3. The van der Waals surface area contributed by atoms with E-state index in [4.69, 9.17) is 4.98 Å². The van der Waals surface area contributed by atoms with Gasteiger partial charge < -0.3 is 0 Å². The van der Waals surface area contributed by atoms with Crippen LogP contribution in [0.4, 0.5) is 0 Å². The normalized spacial score (nSPS) is 12.7. The average molecular weight is 495 g/mol. The molecule has 0 amide bonds. The fourth-order valence-electron chi connectivity index (χ4n) is 3.70. The molecule has 5 nitrogen and oxygen atoms in total. The van der Waals surface area contributed by atoms with Gasteiger partial charge in [-0.25, -0.2) is 0 Å². The number of para-hydroxylation sites is 2. The van der Waals surface area contributed by atoms with Crippen LogP contribution >= 0.6 is 5.51 Å². The fraction of sp³-hybridized carbons (Fsp3) is 0.208. The number of nitrogens with zero attached hydrogens (tertiary/aromatic N) is 4. The van der Waals surface area contributed by atoms with Crippen LogP contribution in [0.2, 0.25) is 0 Å². The van der Waals surface area contributed by atoms with Crippen molar-refractivity contribution in [2.45, 2.75) is 18.7 Å². The van der Waals surface area contributed by atoms with Gasteiger partial charge in [0.05, 0.1) is 0 Å². The molecule has 0 spiro atoms. The summed E-state index contributed by atoms with van der Waals surface area (Å²) in [7, 11) is 0. The van der Waals surface area contributed by atoms with E-state index < -0.39 is 11.4 Å². The molecule has 0 aliphatic carbocycles. The van der Waals surface area contributed by atoms with Crippen LogP contribution in [0.3, 0.4) is 0 Å². The molecule has 0 bridgehead atoms. The molecule has 0 fully saturated rings. The van der Waals surface area contributed by atoms with E-state index in [0.717, 1.165) is 47.6 Å². The molecule has 4 aromatic rings. The summed E-state index contributed by atoms with van der Waals surface area (Å²) in [5, 5.41) is 11.7. The van der Waals surface area contributed by atoms with Crippen LogP contribution in [0.5, 0.6) is 0 Å². The number of aromatic nitrogens is 4. The number of imidazole rings is 1. The van der Waals surface area contributed by atoms with Crippen LogP contribution in [0, 0.1) is 0 Å². The number of aliphatic hydroxyl groups excluding tert-OH is 1. The van der Waals surface area contributed by atoms with Crippen LogP contribution in [0.25, 0.3) is 17.2 Å². The zero-order valence-corrected chi connectivity index (χ0v) is 19.8. The summed E-state index contributed by atoms with van der Waals surface area (Å²) in [6, 6.07) is 19.8. The summed E-state index contributed by atoms with van der Waals surface area (Å²) in [6.07, 6.45) is 8.63. The van der Waals surface area contributed by atoms with E-state index in [0.29, 0.717) is 5.82 Å². The molecule has 1 atom stereocenters. The molecule has 7 heteroatoms. The van der Waals surface area contributed by atoms with Gasteiger partial charge in [0.25, 0.3) is 0 Å². The van der Waals surface area contributed by atoms with Gasteiger partial charge in [0.15, 0.2) is 0 Å². The Kier molecular flexibility index (Phi) is 6.94. The van der Waals surface area contributed by atoms with E-state index in [1.54, 1.807) is 6.20 Å². The topological polar surface area (TPSA) is 63.8 Å². The van der Waals surface area contributed by atoms with Gasteiger partial charge in [0.2, 0.25) is 0 Å². The molecule has 0 saturated carbocycles. The van der Waals surface area contributed by atoms with E-state index in [1.165, 1.54) is 0 Å². The Hall–Kier alpha value is -2.36. The van der Waals surface area contributed by atoms with Gasteiger partial charge in [0.1, 0.15) is 0 Å². The maximum absolute atomic E-state index is 11.7. The first-order valence-corrected chi connectivity index (χ1v) is 14.7. The molecule has 1 N–H and O–H groups in total. The second kappa shape index (κ2) is 9.84. The number of rotatable bonds is 9. The van der Waals surface area contributed by atoms with Gasteiger partial charge >= 0.3 is 190 Å². The van der Waals surface area contributed by atoms with Crippen molar-refractivity contribution in [2.24, 2.45) is 0 Å². The van der Waals surface area contributed by atoms with E-state index in [9.17, 15) is 5.11 Å². The molecule has 1 unspecified atom stereocenters. The summed E-state index contributed by atoms with van der Waals surface area (Å²) in [5.41, 5.74) is 1.88. The minimum atomic E-state index is -1.99. The van der Waals surface area contributed by atoms with E-state index in [-0.39, 0.29) is 0 Å². The number of fused-ring (bicyclic) bond motifs is 1. The molecule has 1 aromatic carbocycles. The van der Waals surface area contributed by atoms with Crippen LogP contribution in [-0.2, 0) is 12.8 Å². The molecule has 31 heavy (non-hydrogen) atoms. The molecule has 0 radical (unpaired) electrons. The molecular formula is C24H25N4OPSe. The van der Waals surface area contributed by atoms with Gasteiger partial charge in [-0.1, -0.05) is 0 Å². The zero-order valence-electron chi connectivity index (χ0n) is 17.2. The van der Waals surface area contributed by atoms with Crippen molar-refractivity contribution in [3.63, 3.8) is 0 Å². The van der Waals surface area contributed by atoms with Crippen molar-refractivity contribution < 1.29 is 5.11 Å². The van der Waals surface area contributed by atoms with Gasteiger partial charge in [-0.2, -0.15) is 0 Å². The summed E-state index contributed by atoms with van der Waals surface area (Å²) >= 11 is 3.44. The van der Waals surface area contributed by atoms with Crippen molar-refractivity contribution in [1.82, 2.24) is 19.5 Å². The molecule has 3 heterocycles. The first kappa shape index (κ1) is 21.9. The number of hydrogen-bond acceptors (Lipinski definition) is 4. The maximum atomic E-state index is 11.7. The third-order valence-electron chi connectivity index (χ3n) is 5.43. The molecule has 0 aliphatic heterocycles. The van der Waals surface area contributed by atoms with Crippen LogP contribution in [0.15, 0.2) is 79.6 Å². The Morgan fingerprint density at radius 1 is 0.935 bits per heavy atom. The van der Waals surface area contributed by atoms with E-state index in [2.05, 4.69) is 31.6 Å². The summed E-state index contributed by atoms with van der Waals surface area (Å²) in [5.74, 6) is -0.0596. The number of pyridine rings is 2. The van der Waals surface area contributed by atoms with Crippen molar-refractivity contribution in [3.8, 4) is 0 Å². The summed E-state index contributed by atoms with van der Waals surface area (Å²) in [6.45, 7) is 3.96. The molecule has 3 aromatic heterocycles. The van der Waals surface area contributed by atoms with Gasteiger partial charge in [0, 0.05) is 0 Å². The Bertz CT molecular complexity index is 1160. The number of aliphatic hydroxyl groups is 1. The molecular weight excluding hydrogens is 470 g/mol. The van der Waals surface area contributed by atoms with Crippen molar-refractivity contribution >= 4 is 37.8 Å². The number of aryl methyl sites for hydroxylation is 2. The second-order valence-corrected chi connectivity index (χ2v) is 15.3. The van der Waals surface area contributed by atoms with E-state index >= 15 is 0 Å². The first-order chi connectivity index (χ1) is 15.1. The van der Waals surface area contributed by atoms with Crippen LogP contribution in [-0.4, -0.2) is 52.0 Å². The number of benzene rings is 1. The quantitative estimate of drug-likeness (QED) is 0.274. The third-order valence-corrected chi connectivity index (χ3v) is 12.1. The predicted octanol–water partition coefficient (Wildman–Crippen LogP) is 4.50. The predicted molar refractivity (Wildman–Crippen MR) is 129 cm³/mol. The molecule has 158 valence electrons. The Labute approximate surface area is 190 Å². The van der Waals surface area contributed by atoms with Gasteiger partial charge in [-0.15, -0.1) is 0 Å². The third kappa shape index (κ3) is 4.94. The molecule has 0 aliphatic rings. The Morgan fingerprint density at radius 2 is 1.52 bits per heavy atom. The van der Waals surface area contributed by atoms with Crippen molar-refractivity contribution in [3.05, 3.63) is 96.8 Å².